The quantitative estimate of drug-likeness (QED) is 0.252. The number of nitrogens with zero attached hydrogens (tertiary/aromatic N) is 2. The Morgan fingerprint density at radius 1 is 1.14 bits per heavy atom. The average Bonchev–Trinajstić information content (AvgIpc) is 2.92. The van der Waals surface area contributed by atoms with Gasteiger partial charge >= 0.3 is 0 Å². The van der Waals surface area contributed by atoms with E-state index in [1.54, 1.807) is 0 Å². The lowest BCUT2D eigenvalue weighted by Crippen LogP contribution is -2.12. The van der Waals surface area contributed by atoms with Crippen molar-refractivity contribution >= 4 is 16.7 Å². The second kappa shape index (κ2) is 7.72. The molecule has 0 spiro atoms. The Kier molecular flexibility index (Phi) is 5.67. The molecule has 0 aliphatic heterocycles. The van der Waals surface area contributed by atoms with E-state index in [1.165, 1.54) is 44.0 Å². The first-order valence-corrected chi connectivity index (χ1v) is 7.83. The highest BCUT2D eigenvalue weighted by molar-refractivity contribution is 6.00. The number of unbranched alkanes of at least 4 members (excludes halogenated alkanes) is 5. The van der Waals surface area contributed by atoms with E-state index in [1.807, 2.05) is 18.2 Å². The summed E-state index contributed by atoms with van der Waals surface area (Å²) in [5, 5.41) is 12.9. The molecule has 0 radical (unpaired) electrons. The first kappa shape index (κ1) is 15.4. The van der Waals surface area contributed by atoms with Gasteiger partial charge in [0.1, 0.15) is 0 Å². The number of oxime groups is 1. The van der Waals surface area contributed by atoms with Crippen molar-refractivity contribution in [2.45, 2.75) is 52.0 Å². The zero-order valence-corrected chi connectivity index (χ0v) is 12.8. The molecule has 1 heterocycles. The lowest BCUT2D eigenvalue weighted by molar-refractivity contribution is 0.318. The third kappa shape index (κ3) is 4.00. The minimum atomic E-state index is 0.153. The standard InChI is InChI=1S/C17H25N3O/c1-2-3-4-5-6-7-11-20-12-10-14-13-15(17(18)19-21)8-9-16(14)20/h8-10,12-13,21H,2-7,11H2,1H3,(H2,18,19). The average molecular weight is 287 g/mol. The van der Waals surface area contributed by atoms with Crippen LogP contribution in [0.25, 0.3) is 10.9 Å². The van der Waals surface area contributed by atoms with E-state index < -0.39 is 0 Å². The number of benzene rings is 1. The molecule has 4 heteroatoms. The molecule has 3 N–H and O–H groups in total. The summed E-state index contributed by atoms with van der Waals surface area (Å²) < 4.78 is 2.28. The molecule has 114 valence electrons. The Morgan fingerprint density at radius 2 is 1.90 bits per heavy atom. The minimum Gasteiger partial charge on any atom is -0.409 e. The summed E-state index contributed by atoms with van der Waals surface area (Å²) in [5.41, 5.74) is 7.58. The van der Waals surface area contributed by atoms with Crippen molar-refractivity contribution in [1.82, 2.24) is 4.57 Å². The van der Waals surface area contributed by atoms with Gasteiger partial charge in [0.25, 0.3) is 0 Å². The van der Waals surface area contributed by atoms with Gasteiger partial charge in [0.05, 0.1) is 0 Å². The van der Waals surface area contributed by atoms with Crippen molar-refractivity contribution in [2.24, 2.45) is 10.9 Å². The molecule has 0 saturated carbocycles. The van der Waals surface area contributed by atoms with Gasteiger partial charge in [0.2, 0.25) is 0 Å². The van der Waals surface area contributed by atoms with E-state index >= 15 is 0 Å². The fraction of sp³-hybridized carbons (Fsp3) is 0.471. The van der Waals surface area contributed by atoms with Crippen molar-refractivity contribution in [3.63, 3.8) is 0 Å². The monoisotopic (exact) mass is 287 g/mol. The Labute approximate surface area is 126 Å². The third-order valence-corrected chi connectivity index (χ3v) is 3.93. The van der Waals surface area contributed by atoms with E-state index in [9.17, 15) is 0 Å². The number of nitrogens with two attached hydrogens (primary N) is 1. The number of aryl methyl sites for hydroxylation is 1. The van der Waals surface area contributed by atoms with Crippen LogP contribution in [0.2, 0.25) is 0 Å². The molecule has 2 aromatic rings. The molecular formula is C17H25N3O. The molecule has 4 nitrogen and oxygen atoms in total. The Bertz CT molecular complexity index is 601. The minimum absolute atomic E-state index is 0.153. The lowest BCUT2D eigenvalue weighted by Gasteiger charge is -2.06. The number of fused-ring (bicyclic) bond motifs is 1. The molecule has 0 aliphatic rings. The van der Waals surface area contributed by atoms with E-state index in [2.05, 4.69) is 28.9 Å². The van der Waals surface area contributed by atoms with Crippen molar-refractivity contribution in [3.8, 4) is 0 Å². The molecule has 0 saturated heterocycles. The fourth-order valence-corrected chi connectivity index (χ4v) is 2.67. The summed E-state index contributed by atoms with van der Waals surface area (Å²) in [6.45, 7) is 3.30. The number of aromatic nitrogens is 1. The van der Waals surface area contributed by atoms with Gasteiger partial charge in [-0.2, -0.15) is 0 Å². The predicted molar refractivity (Wildman–Crippen MR) is 87.8 cm³/mol. The van der Waals surface area contributed by atoms with Crippen LogP contribution < -0.4 is 5.73 Å². The van der Waals surface area contributed by atoms with E-state index in [0.29, 0.717) is 0 Å². The topological polar surface area (TPSA) is 63.5 Å². The van der Waals surface area contributed by atoms with Crippen LogP contribution in [0.1, 0.15) is 51.0 Å². The highest BCUT2D eigenvalue weighted by atomic mass is 16.4. The first-order valence-electron chi connectivity index (χ1n) is 7.83. The summed E-state index contributed by atoms with van der Waals surface area (Å²) in [4.78, 5) is 0. The predicted octanol–water partition coefficient (Wildman–Crippen LogP) is 4.10. The smallest absolute Gasteiger partial charge is 0.170 e. The second-order valence-corrected chi connectivity index (χ2v) is 5.54. The van der Waals surface area contributed by atoms with Crippen LogP contribution in [0.15, 0.2) is 35.6 Å². The summed E-state index contributed by atoms with van der Waals surface area (Å²) in [6, 6.07) is 7.98. The molecule has 21 heavy (non-hydrogen) atoms. The number of rotatable bonds is 8. The molecular weight excluding hydrogens is 262 g/mol. The maximum atomic E-state index is 8.73. The zero-order chi connectivity index (χ0) is 15.1. The van der Waals surface area contributed by atoms with Gasteiger partial charge in [0, 0.05) is 29.2 Å². The van der Waals surface area contributed by atoms with Crippen LogP contribution >= 0.6 is 0 Å². The van der Waals surface area contributed by atoms with Crippen molar-refractivity contribution < 1.29 is 5.21 Å². The van der Waals surface area contributed by atoms with Gasteiger partial charge in [-0.15, -0.1) is 0 Å². The normalized spacial score (nSPS) is 12.1. The number of hydrogen-bond acceptors (Lipinski definition) is 2. The summed E-state index contributed by atoms with van der Waals surface area (Å²) >= 11 is 0. The van der Waals surface area contributed by atoms with Crippen molar-refractivity contribution in [1.29, 1.82) is 0 Å². The van der Waals surface area contributed by atoms with Crippen LogP contribution in [0.5, 0.6) is 0 Å². The summed E-state index contributed by atoms with van der Waals surface area (Å²) in [7, 11) is 0. The molecule has 0 unspecified atom stereocenters. The molecule has 0 aliphatic carbocycles. The van der Waals surface area contributed by atoms with Gasteiger partial charge in [-0.25, -0.2) is 0 Å². The van der Waals surface area contributed by atoms with E-state index in [0.717, 1.165) is 17.5 Å². The van der Waals surface area contributed by atoms with Gasteiger partial charge < -0.3 is 15.5 Å². The van der Waals surface area contributed by atoms with Crippen LogP contribution in [0.4, 0.5) is 0 Å². The molecule has 2 rings (SSSR count). The molecule has 0 amide bonds. The van der Waals surface area contributed by atoms with Gasteiger partial charge in [-0.05, 0) is 30.7 Å². The molecule has 0 bridgehead atoms. The van der Waals surface area contributed by atoms with Crippen molar-refractivity contribution in [3.05, 3.63) is 36.0 Å². The lowest BCUT2D eigenvalue weighted by atomic mass is 10.1. The number of hydrogen-bond donors (Lipinski definition) is 2. The zero-order valence-electron chi connectivity index (χ0n) is 12.8. The Hall–Kier alpha value is -1.97. The SMILES string of the molecule is CCCCCCCCn1ccc2cc(/C(N)=N/O)ccc21. The fourth-order valence-electron chi connectivity index (χ4n) is 2.67. The largest absolute Gasteiger partial charge is 0.409 e. The summed E-state index contributed by atoms with van der Waals surface area (Å²) in [5.74, 6) is 0.153. The van der Waals surface area contributed by atoms with E-state index in [-0.39, 0.29) is 5.84 Å². The van der Waals surface area contributed by atoms with Crippen molar-refractivity contribution in [2.75, 3.05) is 0 Å². The maximum Gasteiger partial charge on any atom is 0.170 e. The molecule has 1 aromatic heterocycles. The van der Waals surface area contributed by atoms with E-state index in [4.69, 9.17) is 10.9 Å². The Balaban J connectivity index is 1.96. The Morgan fingerprint density at radius 3 is 2.67 bits per heavy atom. The summed E-state index contributed by atoms with van der Waals surface area (Å²) in [6.07, 6.45) is 9.96. The first-order chi connectivity index (χ1) is 10.3. The van der Waals surface area contributed by atoms with Gasteiger partial charge in [-0.1, -0.05) is 44.2 Å². The molecule has 0 atom stereocenters. The molecule has 0 fully saturated rings. The van der Waals surface area contributed by atoms with Gasteiger partial charge in [0.15, 0.2) is 5.84 Å². The van der Waals surface area contributed by atoms with Crippen LogP contribution in [-0.4, -0.2) is 15.6 Å². The van der Waals surface area contributed by atoms with Crippen LogP contribution in [-0.2, 0) is 6.54 Å². The van der Waals surface area contributed by atoms with Crippen LogP contribution in [0.3, 0.4) is 0 Å². The third-order valence-electron chi connectivity index (χ3n) is 3.93. The highest BCUT2D eigenvalue weighted by Gasteiger charge is 2.04. The maximum absolute atomic E-state index is 8.73. The highest BCUT2D eigenvalue weighted by Crippen LogP contribution is 2.19. The van der Waals surface area contributed by atoms with Crippen LogP contribution in [0, 0.1) is 0 Å². The molecule has 1 aromatic carbocycles. The second-order valence-electron chi connectivity index (χ2n) is 5.54. The van der Waals surface area contributed by atoms with Gasteiger partial charge in [-0.3, -0.25) is 0 Å². The number of amidine groups is 1.